The molecule has 1 fully saturated rings. The Labute approximate surface area is 63.8 Å². The van der Waals surface area contributed by atoms with Crippen molar-refractivity contribution in [3.8, 4) is 0 Å². The van der Waals surface area contributed by atoms with Crippen LogP contribution in [-0.2, 0) is 4.74 Å². The van der Waals surface area contributed by atoms with Crippen LogP contribution in [0.4, 0.5) is 0 Å². The first kappa shape index (κ1) is 8.89. The quantitative estimate of drug-likeness (QED) is 0.326. The largest absolute Gasteiger partial charge is 0.388 e. The first-order valence-corrected chi connectivity index (χ1v) is 3.41. The Bertz CT molecular complexity index is 125. The monoisotopic (exact) mass is 164 g/mol. The predicted molar refractivity (Wildman–Crippen MR) is 34.6 cm³/mol. The van der Waals surface area contributed by atoms with Crippen molar-refractivity contribution in [3.63, 3.8) is 0 Å². The molecule has 1 aliphatic rings. The van der Waals surface area contributed by atoms with Crippen LogP contribution in [0, 0.1) is 0 Å². The molecule has 1 rings (SSSR count). The van der Waals surface area contributed by atoms with Gasteiger partial charge in [-0.3, -0.25) is 0 Å². The van der Waals surface area contributed by atoms with Crippen molar-refractivity contribution >= 4 is 0 Å². The Kier molecular flexibility index (Phi) is 2.46. The van der Waals surface area contributed by atoms with Gasteiger partial charge in [-0.05, 0) is 6.92 Å². The van der Waals surface area contributed by atoms with Crippen LogP contribution in [-0.4, -0.2) is 51.1 Å². The molecule has 0 spiro atoms. The summed E-state index contributed by atoms with van der Waals surface area (Å²) in [6, 6.07) is 0. The van der Waals surface area contributed by atoms with Gasteiger partial charge < -0.3 is 25.2 Å². The molecule has 0 bridgehead atoms. The fourth-order valence-corrected chi connectivity index (χ4v) is 1.03. The maximum atomic E-state index is 9.09. The van der Waals surface area contributed by atoms with E-state index in [1.54, 1.807) is 0 Å². The molecule has 5 atom stereocenters. The zero-order chi connectivity index (χ0) is 8.59. The molecule has 0 aromatic heterocycles. The van der Waals surface area contributed by atoms with Crippen LogP contribution >= 0.6 is 0 Å². The lowest BCUT2D eigenvalue weighted by molar-refractivity contribution is -0.277. The highest BCUT2D eigenvalue weighted by Crippen LogP contribution is 2.18. The molecule has 5 nitrogen and oxygen atoms in total. The van der Waals surface area contributed by atoms with Crippen molar-refractivity contribution in [3.05, 3.63) is 0 Å². The van der Waals surface area contributed by atoms with Crippen molar-refractivity contribution in [2.75, 3.05) is 0 Å². The maximum absolute atomic E-state index is 9.09. The van der Waals surface area contributed by atoms with Gasteiger partial charge in [0.25, 0.3) is 0 Å². The summed E-state index contributed by atoms with van der Waals surface area (Å²) < 4.78 is 4.68. The first-order valence-electron chi connectivity index (χ1n) is 3.41. The fraction of sp³-hybridized carbons (Fsp3) is 1.00. The number of hydrogen-bond donors (Lipinski definition) is 4. The molecule has 0 aromatic rings. The van der Waals surface area contributed by atoms with Gasteiger partial charge >= 0.3 is 0 Å². The lowest BCUT2D eigenvalue weighted by Crippen LogP contribution is -2.56. The van der Waals surface area contributed by atoms with Gasteiger partial charge in [0, 0.05) is 0 Å². The molecule has 0 aliphatic carbocycles. The molecule has 1 saturated heterocycles. The third-order valence-electron chi connectivity index (χ3n) is 1.83. The van der Waals surface area contributed by atoms with E-state index in [1.165, 1.54) is 6.92 Å². The summed E-state index contributed by atoms with van der Waals surface area (Å²) in [5, 5.41) is 36.0. The van der Waals surface area contributed by atoms with Crippen LogP contribution in [0.2, 0.25) is 0 Å². The van der Waals surface area contributed by atoms with Crippen LogP contribution < -0.4 is 0 Å². The molecule has 0 unspecified atom stereocenters. The van der Waals surface area contributed by atoms with Crippen molar-refractivity contribution in [1.29, 1.82) is 0 Å². The molecule has 4 N–H and O–H groups in total. The maximum Gasteiger partial charge on any atom is 0.183 e. The minimum Gasteiger partial charge on any atom is -0.388 e. The van der Waals surface area contributed by atoms with Gasteiger partial charge in [0.2, 0.25) is 0 Å². The summed E-state index contributed by atoms with van der Waals surface area (Å²) in [5.74, 6) is 0. The average molecular weight is 164 g/mol. The number of ether oxygens (including phenoxy) is 1. The van der Waals surface area contributed by atoms with E-state index in [4.69, 9.17) is 20.4 Å². The van der Waals surface area contributed by atoms with E-state index < -0.39 is 30.7 Å². The van der Waals surface area contributed by atoms with Gasteiger partial charge in [-0.1, -0.05) is 0 Å². The van der Waals surface area contributed by atoms with E-state index in [9.17, 15) is 0 Å². The van der Waals surface area contributed by atoms with Crippen LogP contribution in [0.3, 0.4) is 0 Å². The second-order valence-electron chi connectivity index (χ2n) is 2.70. The van der Waals surface area contributed by atoms with E-state index >= 15 is 0 Å². The summed E-state index contributed by atoms with van der Waals surface area (Å²) in [6.45, 7) is 1.50. The topological polar surface area (TPSA) is 90.2 Å². The van der Waals surface area contributed by atoms with Gasteiger partial charge in [0.05, 0.1) is 6.10 Å². The molecule has 0 amide bonds. The number of rotatable bonds is 0. The molecular weight excluding hydrogens is 152 g/mol. The molecule has 1 heterocycles. The second-order valence-corrected chi connectivity index (χ2v) is 2.70. The minimum absolute atomic E-state index is 0.664. The van der Waals surface area contributed by atoms with E-state index in [0.29, 0.717) is 0 Å². The minimum atomic E-state index is -1.43. The van der Waals surface area contributed by atoms with Gasteiger partial charge in [-0.25, -0.2) is 0 Å². The Morgan fingerprint density at radius 3 is 2.00 bits per heavy atom. The summed E-state index contributed by atoms with van der Waals surface area (Å²) >= 11 is 0. The van der Waals surface area contributed by atoms with Gasteiger partial charge in [0.15, 0.2) is 6.29 Å². The lowest BCUT2D eigenvalue weighted by Gasteiger charge is -2.36. The third kappa shape index (κ3) is 1.52. The zero-order valence-electron chi connectivity index (χ0n) is 6.08. The summed E-state index contributed by atoms with van der Waals surface area (Å²) in [6.07, 6.45) is -5.99. The molecule has 0 radical (unpaired) electrons. The van der Waals surface area contributed by atoms with Crippen LogP contribution in [0.15, 0.2) is 0 Å². The molecule has 11 heavy (non-hydrogen) atoms. The second kappa shape index (κ2) is 3.04. The summed E-state index contributed by atoms with van der Waals surface area (Å²) in [4.78, 5) is 0. The average Bonchev–Trinajstić information content (AvgIpc) is 1.97. The Hall–Kier alpha value is -0.200. The zero-order valence-corrected chi connectivity index (χ0v) is 6.08. The highest BCUT2D eigenvalue weighted by atomic mass is 16.6. The van der Waals surface area contributed by atoms with Crippen LogP contribution in [0.5, 0.6) is 0 Å². The molecule has 66 valence electrons. The SMILES string of the molecule is C[C@H]1O[C@@H](O)[C@H](O)[C@@H](O)[C@@H]1O. The molecule has 5 heteroatoms. The van der Waals surface area contributed by atoms with E-state index in [1.807, 2.05) is 0 Å². The highest BCUT2D eigenvalue weighted by molar-refractivity contribution is 4.86. The van der Waals surface area contributed by atoms with Gasteiger partial charge in [0.1, 0.15) is 18.3 Å². The molecule has 0 saturated carbocycles. The van der Waals surface area contributed by atoms with Crippen molar-refractivity contribution in [1.82, 2.24) is 0 Å². The number of aliphatic hydroxyl groups excluding tert-OH is 4. The summed E-state index contributed by atoms with van der Waals surface area (Å²) in [7, 11) is 0. The summed E-state index contributed by atoms with van der Waals surface area (Å²) in [5.41, 5.74) is 0. The number of hydrogen-bond acceptors (Lipinski definition) is 5. The Balaban J connectivity index is 2.63. The highest BCUT2D eigenvalue weighted by Gasteiger charge is 2.40. The first-order chi connectivity index (χ1) is 5.04. The van der Waals surface area contributed by atoms with E-state index in [-0.39, 0.29) is 0 Å². The molecular formula is C6H12O5. The van der Waals surface area contributed by atoms with Gasteiger partial charge in [-0.15, -0.1) is 0 Å². The predicted octanol–water partition coefficient (Wildman–Crippen LogP) is -2.19. The smallest absolute Gasteiger partial charge is 0.183 e. The van der Waals surface area contributed by atoms with Crippen molar-refractivity contribution < 1.29 is 25.2 Å². The van der Waals surface area contributed by atoms with Crippen LogP contribution in [0.1, 0.15) is 6.92 Å². The standard InChI is InChI=1S/C6H12O5/c1-2-3(7)4(8)5(9)6(10)11-2/h2-10H,1H3/t2-,3-,4+,5-,6-/m1/s1. The number of aliphatic hydroxyl groups is 4. The van der Waals surface area contributed by atoms with Gasteiger partial charge in [-0.2, -0.15) is 0 Å². The Morgan fingerprint density at radius 2 is 1.45 bits per heavy atom. The van der Waals surface area contributed by atoms with Crippen molar-refractivity contribution in [2.24, 2.45) is 0 Å². The normalized spacial score (nSPS) is 52.6. The van der Waals surface area contributed by atoms with E-state index in [0.717, 1.165) is 0 Å². The van der Waals surface area contributed by atoms with Crippen LogP contribution in [0.25, 0.3) is 0 Å². The lowest BCUT2D eigenvalue weighted by atomic mass is 10.0. The Morgan fingerprint density at radius 1 is 0.909 bits per heavy atom. The molecule has 0 aromatic carbocycles. The van der Waals surface area contributed by atoms with E-state index in [2.05, 4.69) is 4.74 Å². The fourth-order valence-electron chi connectivity index (χ4n) is 1.03. The van der Waals surface area contributed by atoms with Crippen molar-refractivity contribution in [2.45, 2.75) is 37.6 Å². The molecule has 1 aliphatic heterocycles. The third-order valence-corrected chi connectivity index (χ3v) is 1.83.